The summed E-state index contributed by atoms with van der Waals surface area (Å²) in [6, 6.07) is 13.7. The van der Waals surface area contributed by atoms with Crippen LogP contribution in [0.25, 0.3) is 0 Å². The molecule has 1 aliphatic heterocycles. The third-order valence-electron chi connectivity index (χ3n) is 6.63. The number of ether oxygens (including phenoxy) is 3. The van der Waals surface area contributed by atoms with E-state index in [-0.39, 0.29) is 12.5 Å². The summed E-state index contributed by atoms with van der Waals surface area (Å²) in [4.78, 5) is 40.4. The Labute approximate surface area is 193 Å². The lowest BCUT2D eigenvalue weighted by atomic mass is 9.65. The Morgan fingerprint density at radius 3 is 2.42 bits per heavy atom. The molecule has 7 heteroatoms. The molecule has 2 aliphatic rings. The zero-order chi connectivity index (χ0) is 23.4. The number of carbonyl (C=O) groups is 3. The van der Waals surface area contributed by atoms with Crippen LogP contribution in [0.3, 0.4) is 0 Å². The van der Waals surface area contributed by atoms with E-state index in [2.05, 4.69) is 5.32 Å². The minimum absolute atomic E-state index is 0.0216. The topological polar surface area (TPSA) is 90.9 Å². The van der Waals surface area contributed by atoms with Crippen LogP contribution in [0.15, 0.2) is 48.5 Å². The summed E-state index contributed by atoms with van der Waals surface area (Å²) in [6.45, 7) is 1.75. The van der Waals surface area contributed by atoms with Crippen LogP contribution < -0.4 is 14.8 Å². The van der Waals surface area contributed by atoms with Crippen molar-refractivity contribution in [1.82, 2.24) is 5.32 Å². The molecule has 0 saturated heterocycles. The maximum atomic E-state index is 13.6. The van der Waals surface area contributed by atoms with Gasteiger partial charge in [0.1, 0.15) is 11.5 Å². The SMILES string of the molecule is CCOC(=O)C1(NC(=O)c2ccc(OC)cc2)C(=O)Oc2ccccc2C1C1CCCCC1. The number of amides is 1. The third-order valence-corrected chi connectivity index (χ3v) is 6.63. The second-order valence-electron chi connectivity index (χ2n) is 8.51. The Balaban J connectivity index is 1.82. The van der Waals surface area contributed by atoms with Gasteiger partial charge in [0.2, 0.25) is 5.54 Å². The molecule has 0 spiro atoms. The second-order valence-corrected chi connectivity index (χ2v) is 8.51. The van der Waals surface area contributed by atoms with Gasteiger partial charge in [0, 0.05) is 17.0 Å². The minimum Gasteiger partial charge on any atom is -0.497 e. The molecule has 1 N–H and O–H groups in total. The smallest absolute Gasteiger partial charge is 0.349 e. The summed E-state index contributed by atoms with van der Waals surface area (Å²) in [7, 11) is 1.54. The Bertz CT molecular complexity index is 1030. The first-order valence-electron chi connectivity index (χ1n) is 11.5. The predicted octanol–water partition coefficient (Wildman–Crippen LogP) is 4.01. The quantitative estimate of drug-likeness (QED) is 0.405. The molecule has 1 saturated carbocycles. The number of nitrogens with one attached hydrogen (secondary N) is 1. The van der Waals surface area contributed by atoms with Gasteiger partial charge in [-0.15, -0.1) is 0 Å². The predicted molar refractivity (Wildman–Crippen MR) is 121 cm³/mol. The lowest BCUT2D eigenvalue weighted by Crippen LogP contribution is -2.68. The molecular formula is C26H29NO6. The standard InChI is InChI=1S/C26H29NO6/c1-3-32-24(29)26(27-23(28)18-13-15-19(31-2)16-14-18)22(17-9-5-4-6-10-17)20-11-7-8-12-21(20)33-25(26)30/h7-8,11-17,22H,3-6,9-10H2,1-2H3,(H,27,28). The summed E-state index contributed by atoms with van der Waals surface area (Å²) in [6.07, 6.45) is 4.82. The van der Waals surface area contributed by atoms with E-state index in [0.29, 0.717) is 17.1 Å². The largest absolute Gasteiger partial charge is 0.497 e. The Morgan fingerprint density at radius 1 is 1.06 bits per heavy atom. The highest BCUT2D eigenvalue weighted by molar-refractivity contribution is 6.12. The molecule has 1 aliphatic carbocycles. The van der Waals surface area contributed by atoms with Crippen LogP contribution in [-0.4, -0.2) is 37.1 Å². The van der Waals surface area contributed by atoms with Gasteiger partial charge in [-0.05, 0) is 56.0 Å². The summed E-state index contributed by atoms with van der Waals surface area (Å²) in [5.41, 5.74) is -0.927. The fourth-order valence-corrected chi connectivity index (χ4v) is 5.07. The Hall–Kier alpha value is -3.35. The van der Waals surface area contributed by atoms with Crippen molar-refractivity contribution in [2.45, 2.75) is 50.5 Å². The van der Waals surface area contributed by atoms with Crippen molar-refractivity contribution in [1.29, 1.82) is 0 Å². The van der Waals surface area contributed by atoms with Gasteiger partial charge < -0.3 is 19.5 Å². The first kappa shape index (κ1) is 22.8. The molecule has 2 unspecified atom stereocenters. The fraction of sp³-hybridized carbons (Fsp3) is 0.423. The number of fused-ring (bicyclic) bond motifs is 1. The summed E-state index contributed by atoms with van der Waals surface area (Å²) in [5.74, 6) is -1.69. The molecule has 2 aromatic carbocycles. The van der Waals surface area contributed by atoms with Crippen molar-refractivity contribution in [2.75, 3.05) is 13.7 Å². The third kappa shape index (κ3) is 4.19. The van der Waals surface area contributed by atoms with Crippen molar-refractivity contribution >= 4 is 17.8 Å². The molecule has 0 aromatic heterocycles. The molecule has 0 bridgehead atoms. The van der Waals surface area contributed by atoms with Crippen molar-refractivity contribution in [3.63, 3.8) is 0 Å². The van der Waals surface area contributed by atoms with Crippen molar-refractivity contribution in [2.24, 2.45) is 5.92 Å². The Kier molecular flexibility index (Phi) is 6.67. The summed E-state index contributed by atoms with van der Waals surface area (Å²) >= 11 is 0. The lowest BCUT2D eigenvalue weighted by molar-refractivity contribution is -0.165. The van der Waals surface area contributed by atoms with Crippen LogP contribution in [0.5, 0.6) is 11.5 Å². The zero-order valence-corrected chi connectivity index (χ0v) is 19.0. The van der Waals surface area contributed by atoms with E-state index in [4.69, 9.17) is 14.2 Å². The van der Waals surface area contributed by atoms with Crippen molar-refractivity contribution in [3.05, 3.63) is 59.7 Å². The summed E-state index contributed by atoms with van der Waals surface area (Å²) in [5, 5.41) is 2.78. The van der Waals surface area contributed by atoms with Gasteiger partial charge in [0.05, 0.1) is 13.7 Å². The summed E-state index contributed by atoms with van der Waals surface area (Å²) < 4.78 is 16.2. The normalized spacial score (nSPS) is 22.6. The first-order valence-corrected chi connectivity index (χ1v) is 11.5. The molecule has 7 nitrogen and oxygen atoms in total. The molecule has 2 aromatic rings. The van der Waals surface area contributed by atoms with E-state index in [0.717, 1.165) is 37.7 Å². The van der Waals surface area contributed by atoms with E-state index < -0.39 is 29.3 Å². The monoisotopic (exact) mass is 451 g/mol. The maximum absolute atomic E-state index is 13.6. The number of esters is 2. The van der Waals surface area contributed by atoms with E-state index >= 15 is 0 Å². The lowest BCUT2D eigenvalue weighted by Gasteiger charge is -2.45. The van der Waals surface area contributed by atoms with Crippen LogP contribution in [0.1, 0.15) is 60.9 Å². The highest BCUT2D eigenvalue weighted by Gasteiger charge is 2.62. The van der Waals surface area contributed by atoms with Crippen LogP contribution in [0.2, 0.25) is 0 Å². The number of methoxy groups -OCH3 is 1. The van der Waals surface area contributed by atoms with Gasteiger partial charge in [-0.2, -0.15) is 0 Å². The van der Waals surface area contributed by atoms with E-state index in [1.54, 1.807) is 43.3 Å². The van der Waals surface area contributed by atoms with Crippen LogP contribution in [0.4, 0.5) is 0 Å². The minimum atomic E-state index is -1.97. The van der Waals surface area contributed by atoms with Gasteiger partial charge in [-0.3, -0.25) is 4.79 Å². The van der Waals surface area contributed by atoms with Gasteiger partial charge in [0.15, 0.2) is 0 Å². The van der Waals surface area contributed by atoms with Crippen LogP contribution in [0, 0.1) is 5.92 Å². The molecule has 4 rings (SSSR count). The highest BCUT2D eigenvalue weighted by Crippen LogP contribution is 2.49. The fourth-order valence-electron chi connectivity index (χ4n) is 5.07. The van der Waals surface area contributed by atoms with Crippen molar-refractivity contribution < 1.29 is 28.6 Å². The number of hydrogen-bond donors (Lipinski definition) is 1. The number of carbonyl (C=O) groups excluding carboxylic acids is 3. The van der Waals surface area contributed by atoms with Gasteiger partial charge in [-0.25, -0.2) is 9.59 Å². The highest BCUT2D eigenvalue weighted by atomic mass is 16.6. The molecule has 1 heterocycles. The van der Waals surface area contributed by atoms with E-state index in [1.165, 1.54) is 7.11 Å². The Morgan fingerprint density at radius 2 is 1.76 bits per heavy atom. The molecule has 2 atom stereocenters. The van der Waals surface area contributed by atoms with Gasteiger partial charge >= 0.3 is 11.9 Å². The molecule has 0 radical (unpaired) electrons. The van der Waals surface area contributed by atoms with Crippen LogP contribution >= 0.6 is 0 Å². The van der Waals surface area contributed by atoms with E-state index in [9.17, 15) is 14.4 Å². The number of hydrogen-bond acceptors (Lipinski definition) is 6. The van der Waals surface area contributed by atoms with Gasteiger partial charge in [0.25, 0.3) is 5.91 Å². The number of rotatable bonds is 6. The number of para-hydroxylation sites is 1. The van der Waals surface area contributed by atoms with Crippen LogP contribution in [-0.2, 0) is 14.3 Å². The van der Waals surface area contributed by atoms with Gasteiger partial charge in [-0.1, -0.05) is 37.5 Å². The molecular weight excluding hydrogens is 422 g/mol. The second kappa shape index (κ2) is 9.65. The van der Waals surface area contributed by atoms with E-state index in [1.807, 2.05) is 12.1 Å². The van der Waals surface area contributed by atoms with Crippen molar-refractivity contribution in [3.8, 4) is 11.5 Å². The maximum Gasteiger partial charge on any atom is 0.349 e. The molecule has 33 heavy (non-hydrogen) atoms. The average Bonchev–Trinajstić information content (AvgIpc) is 2.85. The molecule has 1 amide bonds. The zero-order valence-electron chi connectivity index (χ0n) is 19.0. The number of benzene rings is 2. The molecule has 1 fully saturated rings. The first-order chi connectivity index (χ1) is 16.0. The average molecular weight is 452 g/mol. The molecule has 174 valence electrons.